The van der Waals surface area contributed by atoms with Crippen molar-refractivity contribution in [2.75, 3.05) is 13.1 Å². The van der Waals surface area contributed by atoms with Gasteiger partial charge >= 0.3 is 0 Å². The number of carbonyl (C=O) groups is 1. The first-order chi connectivity index (χ1) is 9.13. The van der Waals surface area contributed by atoms with E-state index in [-0.39, 0.29) is 30.5 Å². The van der Waals surface area contributed by atoms with Crippen molar-refractivity contribution in [3.05, 3.63) is 38.5 Å². The Morgan fingerprint density at radius 2 is 2.42 bits per heavy atom. The van der Waals surface area contributed by atoms with E-state index >= 15 is 0 Å². The van der Waals surface area contributed by atoms with Crippen LogP contribution < -0.4 is 5.32 Å². The fourth-order valence-electron chi connectivity index (χ4n) is 1.76. The molecule has 19 heavy (non-hydrogen) atoms. The fourth-order valence-corrected chi connectivity index (χ4v) is 1.76. The molecule has 1 amide bonds. The van der Waals surface area contributed by atoms with Gasteiger partial charge < -0.3 is 9.88 Å². The van der Waals surface area contributed by atoms with Gasteiger partial charge in [0.25, 0.3) is 11.6 Å². The first-order valence-electron chi connectivity index (χ1n) is 5.79. The quantitative estimate of drug-likeness (QED) is 0.210. The summed E-state index contributed by atoms with van der Waals surface area (Å²) in [6.45, 7) is 0.348. The molecule has 0 saturated heterocycles. The van der Waals surface area contributed by atoms with Gasteiger partial charge in [0.15, 0.2) is 0 Å². The summed E-state index contributed by atoms with van der Waals surface area (Å²) >= 11 is 0. The van der Waals surface area contributed by atoms with E-state index in [0.717, 1.165) is 12.8 Å². The zero-order valence-corrected chi connectivity index (χ0v) is 10.0. The highest BCUT2D eigenvalue weighted by Gasteiger charge is 2.30. The normalized spacial score (nSPS) is 13.7. The van der Waals surface area contributed by atoms with Crippen LogP contribution in [0.15, 0.2) is 17.4 Å². The highest BCUT2D eigenvalue weighted by atomic mass is 16.6. The number of hydrogen-bond donors (Lipinski definition) is 1. The summed E-state index contributed by atoms with van der Waals surface area (Å²) in [4.78, 5) is 24.7. The molecule has 0 bridgehead atoms. The average Bonchev–Trinajstić information content (AvgIpc) is 3.12. The molecule has 2 rings (SSSR count). The smallest absolute Gasteiger partial charge is 0.287 e. The Balaban J connectivity index is 2.10. The Labute approximate surface area is 108 Å². The minimum Gasteiger partial charge on any atom is -0.351 e. The van der Waals surface area contributed by atoms with E-state index < -0.39 is 10.8 Å². The van der Waals surface area contributed by atoms with Gasteiger partial charge in [-0.15, -0.1) is 0 Å². The monoisotopic (exact) mass is 264 g/mol. The topological polar surface area (TPSA) is 126 Å². The molecule has 0 aliphatic heterocycles. The molecule has 1 aromatic rings. The van der Waals surface area contributed by atoms with Crippen molar-refractivity contribution in [2.45, 2.75) is 18.9 Å². The van der Waals surface area contributed by atoms with E-state index in [0.29, 0.717) is 0 Å². The second-order valence-electron chi connectivity index (χ2n) is 4.19. The molecule has 9 nitrogen and oxygen atoms in total. The van der Waals surface area contributed by atoms with Gasteiger partial charge in [-0.25, -0.2) is 0 Å². The Bertz CT molecular complexity index is 556. The number of nitro groups is 1. The molecule has 9 heteroatoms. The number of aromatic nitrogens is 1. The van der Waals surface area contributed by atoms with Gasteiger partial charge in [-0.3, -0.25) is 14.9 Å². The Morgan fingerprint density at radius 1 is 1.68 bits per heavy atom. The van der Waals surface area contributed by atoms with E-state index in [4.69, 9.17) is 5.53 Å². The third-order valence-electron chi connectivity index (χ3n) is 2.78. The van der Waals surface area contributed by atoms with E-state index in [9.17, 15) is 14.9 Å². The maximum atomic E-state index is 11.9. The number of amides is 1. The Kier molecular flexibility index (Phi) is 3.67. The van der Waals surface area contributed by atoms with Gasteiger partial charge in [-0.1, -0.05) is 5.11 Å². The predicted octanol–water partition coefficient (Wildman–Crippen LogP) is 1.77. The second kappa shape index (κ2) is 5.40. The second-order valence-corrected chi connectivity index (χ2v) is 4.19. The van der Waals surface area contributed by atoms with Crippen LogP contribution in [0.3, 0.4) is 0 Å². The van der Waals surface area contributed by atoms with Crippen molar-refractivity contribution in [3.8, 4) is 0 Å². The molecule has 1 aliphatic carbocycles. The van der Waals surface area contributed by atoms with Crippen LogP contribution in [0, 0.1) is 10.1 Å². The molecular weight excluding hydrogens is 252 g/mol. The number of azide groups is 1. The lowest BCUT2D eigenvalue weighted by atomic mass is 10.3. The molecule has 0 unspecified atom stereocenters. The molecule has 1 aliphatic rings. The molecule has 0 spiro atoms. The maximum absolute atomic E-state index is 11.9. The summed E-state index contributed by atoms with van der Waals surface area (Å²) < 4.78 is 1.64. The van der Waals surface area contributed by atoms with Crippen molar-refractivity contribution in [1.29, 1.82) is 0 Å². The zero-order valence-electron chi connectivity index (χ0n) is 10.0. The molecule has 100 valence electrons. The average molecular weight is 264 g/mol. The number of hydrogen-bond acceptors (Lipinski definition) is 4. The molecule has 0 aromatic carbocycles. The van der Waals surface area contributed by atoms with Crippen molar-refractivity contribution >= 4 is 11.6 Å². The van der Waals surface area contributed by atoms with Crippen LogP contribution in [0.2, 0.25) is 0 Å². The summed E-state index contributed by atoms with van der Waals surface area (Å²) in [5, 5.41) is 16.6. The van der Waals surface area contributed by atoms with E-state index in [2.05, 4.69) is 15.3 Å². The van der Waals surface area contributed by atoms with Crippen molar-refractivity contribution in [2.24, 2.45) is 5.11 Å². The van der Waals surface area contributed by atoms with Crippen LogP contribution in [0.1, 0.15) is 29.4 Å². The first kappa shape index (κ1) is 12.9. The van der Waals surface area contributed by atoms with Crippen LogP contribution in [0.25, 0.3) is 10.4 Å². The third kappa shape index (κ3) is 3.02. The summed E-state index contributed by atoms with van der Waals surface area (Å²) in [5.74, 6) is -0.395. The van der Waals surface area contributed by atoms with Gasteiger partial charge in [0.1, 0.15) is 5.69 Å². The zero-order chi connectivity index (χ0) is 13.8. The molecule has 1 fully saturated rings. The van der Waals surface area contributed by atoms with Gasteiger partial charge in [0.2, 0.25) is 0 Å². The number of nitrogens with zero attached hydrogens (tertiary/aromatic N) is 5. The highest BCUT2D eigenvalue weighted by molar-refractivity contribution is 5.93. The summed E-state index contributed by atoms with van der Waals surface area (Å²) in [6.07, 6.45) is 3.23. The molecule has 1 aromatic heterocycles. The summed E-state index contributed by atoms with van der Waals surface area (Å²) in [6, 6.07) is 1.44. The van der Waals surface area contributed by atoms with Crippen molar-refractivity contribution < 1.29 is 9.72 Å². The van der Waals surface area contributed by atoms with Crippen molar-refractivity contribution in [1.82, 2.24) is 9.88 Å². The molecular formula is C10H12N6O3. The molecule has 0 radical (unpaired) electrons. The van der Waals surface area contributed by atoms with Crippen LogP contribution in [-0.4, -0.2) is 28.5 Å². The Morgan fingerprint density at radius 3 is 3.00 bits per heavy atom. The van der Waals surface area contributed by atoms with Crippen LogP contribution in [0.4, 0.5) is 5.69 Å². The Hall–Kier alpha value is -2.54. The number of nitrogens with one attached hydrogen (secondary N) is 1. The van der Waals surface area contributed by atoms with E-state index in [1.54, 1.807) is 4.57 Å². The SMILES string of the molecule is [N-]=[N+]=NCCNC(=O)c1cc([N+](=O)[O-])cn1C1CC1. The number of carbonyl (C=O) groups excluding carboxylic acids is 1. The fraction of sp³-hybridized carbons (Fsp3) is 0.500. The standard InChI is InChI=1S/C10H12N6O3/c11-14-13-4-3-12-10(17)9-5-8(16(18)19)6-15(9)7-1-2-7/h5-7H,1-4H2,(H,12,17). The van der Waals surface area contributed by atoms with Crippen LogP contribution in [0.5, 0.6) is 0 Å². The number of rotatable bonds is 6. The van der Waals surface area contributed by atoms with Crippen LogP contribution >= 0.6 is 0 Å². The van der Waals surface area contributed by atoms with Crippen molar-refractivity contribution in [3.63, 3.8) is 0 Å². The minimum absolute atomic E-state index is 0.0907. The minimum atomic E-state index is -0.518. The summed E-state index contributed by atoms with van der Waals surface area (Å²) in [5.41, 5.74) is 8.29. The third-order valence-corrected chi connectivity index (χ3v) is 2.78. The maximum Gasteiger partial charge on any atom is 0.287 e. The molecule has 1 N–H and O–H groups in total. The molecule has 0 atom stereocenters. The van der Waals surface area contributed by atoms with Gasteiger partial charge in [-0.2, -0.15) is 0 Å². The lowest BCUT2D eigenvalue weighted by molar-refractivity contribution is -0.384. The first-order valence-corrected chi connectivity index (χ1v) is 5.79. The highest BCUT2D eigenvalue weighted by Crippen LogP contribution is 2.37. The van der Waals surface area contributed by atoms with E-state index in [1.807, 2.05) is 0 Å². The molecule has 1 heterocycles. The predicted molar refractivity (Wildman–Crippen MR) is 65.7 cm³/mol. The van der Waals surface area contributed by atoms with Gasteiger partial charge in [-0.05, 0) is 18.4 Å². The van der Waals surface area contributed by atoms with Crippen LogP contribution in [-0.2, 0) is 0 Å². The lowest BCUT2D eigenvalue weighted by Crippen LogP contribution is -2.27. The van der Waals surface area contributed by atoms with Gasteiger partial charge in [0.05, 0.1) is 11.1 Å². The summed E-state index contributed by atoms with van der Waals surface area (Å²) in [7, 11) is 0. The van der Waals surface area contributed by atoms with Gasteiger partial charge in [0, 0.05) is 30.1 Å². The van der Waals surface area contributed by atoms with E-state index in [1.165, 1.54) is 12.3 Å². The lowest BCUT2D eigenvalue weighted by Gasteiger charge is -2.06. The largest absolute Gasteiger partial charge is 0.351 e. The molecule has 1 saturated carbocycles.